The molecule has 0 spiro atoms. The Morgan fingerprint density at radius 2 is 2.00 bits per heavy atom. The number of rotatable bonds is 3. The Bertz CT molecular complexity index is 616. The number of carbonyl (C=O) groups is 1. The summed E-state index contributed by atoms with van der Waals surface area (Å²) in [4.78, 5) is 12.1. The van der Waals surface area contributed by atoms with E-state index in [4.69, 9.17) is 4.74 Å². The molecule has 0 aliphatic heterocycles. The molecule has 0 aliphatic carbocycles. The van der Waals surface area contributed by atoms with Crippen molar-refractivity contribution in [3.63, 3.8) is 0 Å². The van der Waals surface area contributed by atoms with Crippen LogP contribution in [0.15, 0.2) is 42.5 Å². The maximum atomic E-state index is 13.6. The van der Waals surface area contributed by atoms with E-state index in [9.17, 15) is 9.18 Å². The van der Waals surface area contributed by atoms with Gasteiger partial charge in [0.25, 0.3) is 5.91 Å². The average Bonchev–Trinajstić information content (AvgIpc) is 2.41. The minimum atomic E-state index is -0.500. The van der Waals surface area contributed by atoms with Gasteiger partial charge in [0.2, 0.25) is 0 Å². The van der Waals surface area contributed by atoms with Gasteiger partial charge in [-0.05, 0) is 46.9 Å². The lowest BCUT2D eigenvalue weighted by molar-refractivity contribution is 0.102. The molecule has 98 valence electrons. The first-order chi connectivity index (χ1) is 9.11. The number of ether oxygens (including phenoxy) is 1. The molecule has 0 unspecified atom stereocenters. The zero-order chi connectivity index (χ0) is 13.8. The number of hydrogen-bond donors (Lipinski definition) is 1. The van der Waals surface area contributed by atoms with Crippen molar-refractivity contribution in [2.24, 2.45) is 0 Å². The predicted molar refractivity (Wildman–Crippen MR) is 80.1 cm³/mol. The molecule has 0 aliphatic rings. The topological polar surface area (TPSA) is 38.3 Å². The van der Waals surface area contributed by atoms with Crippen molar-refractivity contribution in [3.05, 3.63) is 57.4 Å². The molecule has 5 heteroatoms. The summed E-state index contributed by atoms with van der Waals surface area (Å²) >= 11 is 2.06. The molecule has 1 amide bonds. The number of benzene rings is 2. The molecule has 0 saturated heterocycles. The Labute approximate surface area is 123 Å². The molecule has 19 heavy (non-hydrogen) atoms. The van der Waals surface area contributed by atoms with Crippen molar-refractivity contribution in [3.8, 4) is 5.75 Å². The zero-order valence-corrected chi connectivity index (χ0v) is 12.3. The number of amides is 1. The second-order valence-electron chi connectivity index (χ2n) is 3.78. The van der Waals surface area contributed by atoms with Crippen LogP contribution in [-0.4, -0.2) is 13.0 Å². The molecule has 0 fully saturated rings. The fourth-order valence-corrected chi connectivity index (χ4v) is 2.19. The van der Waals surface area contributed by atoms with Crippen LogP contribution in [0.2, 0.25) is 0 Å². The first-order valence-corrected chi connectivity index (χ1v) is 6.59. The van der Waals surface area contributed by atoms with Crippen molar-refractivity contribution in [1.29, 1.82) is 0 Å². The van der Waals surface area contributed by atoms with Crippen molar-refractivity contribution in [2.75, 3.05) is 12.4 Å². The summed E-state index contributed by atoms with van der Waals surface area (Å²) in [6.07, 6.45) is 0. The molecule has 2 rings (SSSR count). The van der Waals surface area contributed by atoms with Crippen LogP contribution < -0.4 is 10.1 Å². The summed E-state index contributed by atoms with van der Waals surface area (Å²) in [5, 5.41) is 2.54. The standard InChI is InChI=1S/C14H11FINO2/c1-19-9-6-7-11(15)13(8-9)17-14(18)10-4-2-3-5-12(10)16/h2-8H,1H3,(H,17,18). The van der Waals surface area contributed by atoms with Gasteiger partial charge < -0.3 is 10.1 Å². The summed E-state index contributed by atoms with van der Waals surface area (Å²) in [6.45, 7) is 0. The molecule has 0 heterocycles. The number of halogens is 2. The number of carbonyl (C=O) groups excluding carboxylic acids is 1. The summed E-state index contributed by atoms with van der Waals surface area (Å²) in [5.41, 5.74) is 0.606. The highest BCUT2D eigenvalue weighted by molar-refractivity contribution is 14.1. The van der Waals surface area contributed by atoms with Crippen LogP contribution in [0.25, 0.3) is 0 Å². The molecule has 0 saturated carbocycles. The first kappa shape index (κ1) is 13.8. The number of nitrogens with one attached hydrogen (secondary N) is 1. The lowest BCUT2D eigenvalue weighted by atomic mass is 10.2. The highest BCUT2D eigenvalue weighted by Gasteiger charge is 2.12. The van der Waals surface area contributed by atoms with Crippen LogP contribution >= 0.6 is 22.6 Å². The third kappa shape index (κ3) is 3.23. The Balaban J connectivity index is 2.26. The Hall–Kier alpha value is -1.63. The van der Waals surface area contributed by atoms with Crippen LogP contribution in [-0.2, 0) is 0 Å². The van der Waals surface area contributed by atoms with Crippen molar-refractivity contribution < 1.29 is 13.9 Å². The minimum Gasteiger partial charge on any atom is -0.497 e. The van der Waals surface area contributed by atoms with Gasteiger partial charge in [-0.15, -0.1) is 0 Å². The first-order valence-electron chi connectivity index (χ1n) is 5.51. The maximum absolute atomic E-state index is 13.6. The van der Waals surface area contributed by atoms with E-state index in [1.165, 1.54) is 25.3 Å². The molecule has 2 aromatic rings. The fraction of sp³-hybridized carbons (Fsp3) is 0.0714. The molecular weight excluding hydrogens is 360 g/mol. The Morgan fingerprint density at radius 1 is 1.26 bits per heavy atom. The lowest BCUT2D eigenvalue weighted by Gasteiger charge is -2.09. The summed E-state index contributed by atoms with van der Waals surface area (Å²) in [6, 6.07) is 11.3. The van der Waals surface area contributed by atoms with Crippen LogP contribution in [0, 0.1) is 9.39 Å². The summed E-state index contributed by atoms with van der Waals surface area (Å²) < 4.78 is 19.4. The number of methoxy groups -OCH3 is 1. The molecule has 3 nitrogen and oxygen atoms in total. The highest BCUT2D eigenvalue weighted by Crippen LogP contribution is 2.22. The van der Waals surface area contributed by atoms with Gasteiger partial charge in [0.05, 0.1) is 18.4 Å². The average molecular weight is 371 g/mol. The smallest absolute Gasteiger partial charge is 0.256 e. The van der Waals surface area contributed by atoms with Gasteiger partial charge in [0.15, 0.2) is 0 Å². The molecule has 2 aromatic carbocycles. The van der Waals surface area contributed by atoms with E-state index >= 15 is 0 Å². The monoisotopic (exact) mass is 371 g/mol. The Kier molecular flexibility index (Phi) is 4.36. The summed E-state index contributed by atoms with van der Waals surface area (Å²) in [5.74, 6) is -0.364. The molecular formula is C14H11FINO2. The third-order valence-corrected chi connectivity index (χ3v) is 3.48. The summed E-state index contributed by atoms with van der Waals surface area (Å²) in [7, 11) is 1.49. The Morgan fingerprint density at radius 3 is 2.68 bits per heavy atom. The van der Waals surface area contributed by atoms with Gasteiger partial charge >= 0.3 is 0 Å². The number of hydrogen-bond acceptors (Lipinski definition) is 2. The van der Waals surface area contributed by atoms with Gasteiger partial charge in [-0.2, -0.15) is 0 Å². The van der Waals surface area contributed by atoms with Crippen molar-refractivity contribution in [1.82, 2.24) is 0 Å². The normalized spacial score (nSPS) is 10.1. The zero-order valence-electron chi connectivity index (χ0n) is 10.1. The van der Waals surface area contributed by atoms with Crippen LogP contribution in [0.1, 0.15) is 10.4 Å². The van der Waals surface area contributed by atoms with E-state index < -0.39 is 5.82 Å². The van der Waals surface area contributed by atoms with E-state index in [-0.39, 0.29) is 11.6 Å². The van der Waals surface area contributed by atoms with Gasteiger partial charge in [-0.3, -0.25) is 4.79 Å². The predicted octanol–water partition coefficient (Wildman–Crippen LogP) is 3.69. The second-order valence-corrected chi connectivity index (χ2v) is 4.94. The lowest BCUT2D eigenvalue weighted by Crippen LogP contribution is -2.14. The quantitative estimate of drug-likeness (QED) is 0.836. The van der Waals surface area contributed by atoms with Crippen LogP contribution in [0.3, 0.4) is 0 Å². The third-order valence-electron chi connectivity index (χ3n) is 2.54. The SMILES string of the molecule is COc1ccc(F)c(NC(=O)c2ccccc2I)c1. The van der Waals surface area contributed by atoms with Gasteiger partial charge in [-0.1, -0.05) is 12.1 Å². The van der Waals surface area contributed by atoms with E-state index in [0.717, 1.165) is 3.57 Å². The van der Waals surface area contributed by atoms with Crippen molar-refractivity contribution in [2.45, 2.75) is 0 Å². The second kappa shape index (κ2) is 6.01. The highest BCUT2D eigenvalue weighted by atomic mass is 127. The van der Waals surface area contributed by atoms with Gasteiger partial charge in [0, 0.05) is 9.64 Å². The molecule has 0 bridgehead atoms. The van der Waals surface area contributed by atoms with E-state index in [1.807, 2.05) is 12.1 Å². The molecule has 0 aromatic heterocycles. The largest absolute Gasteiger partial charge is 0.497 e. The molecule has 1 N–H and O–H groups in total. The molecule has 0 atom stereocenters. The maximum Gasteiger partial charge on any atom is 0.256 e. The molecule has 0 radical (unpaired) electrons. The van der Waals surface area contributed by atoms with Crippen LogP contribution in [0.4, 0.5) is 10.1 Å². The van der Waals surface area contributed by atoms with Crippen molar-refractivity contribution >= 4 is 34.2 Å². The van der Waals surface area contributed by atoms with E-state index in [2.05, 4.69) is 27.9 Å². The van der Waals surface area contributed by atoms with Gasteiger partial charge in [-0.25, -0.2) is 4.39 Å². The minimum absolute atomic E-state index is 0.101. The van der Waals surface area contributed by atoms with E-state index in [1.54, 1.807) is 12.1 Å². The van der Waals surface area contributed by atoms with Gasteiger partial charge in [0.1, 0.15) is 11.6 Å². The van der Waals surface area contributed by atoms with E-state index in [0.29, 0.717) is 11.3 Å². The number of anilines is 1. The fourth-order valence-electron chi connectivity index (χ4n) is 1.56. The van der Waals surface area contributed by atoms with Crippen LogP contribution in [0.5, 0.6) is 5.75 Å².